The van der Waals surface area contributed by atoms with Crippen molar-refractivity contribution in [2.24, 2.45) is 5.92 Å². The van der Waals surface area contributed by atoms with Crippen molar-refractivity contribution in [3.63, 3.8) is 0 Å². The van der Waals surface area contributed by atoms with Crippen molar-refractivity contribution in [2.75, 3.05) is 58.2 Å². The van der Waals surface area contributed by atoms with Gasteiger partial charge in [-0.2, -0.15) is 0 Å². The number of morpholine rings is 1. The lowest BCUT2D eigenvalue weighted by Gasteiger charge is -2.38. The molecular weight excluding hydrogens is 456 g/mol. The molecule has 2 heterocycles. The maximum atomic E-state index is 12.8. The Labute approximate surface area is 206 Å². The van der Waals surface area contributed by atoms with Crippen LogP contribution in [0.5, 0.6) is 5.75 Å². The fourth-order valence-corrected chi connectivity index (χ4v) is 4.51. The van der Waals surface area contributed by atoms with Crippen LogP contribution in [0.1, 0.15) is 30.1 Å². The third kappa shape index (κ3) is 7.22. The Balaban J connectivity index is 1.46. The number of anilines is 1. The Bertz CT molecular complexity index is 899. The number of nitrogens with zero attached hydrogens (tertiary/aromatic N) is 2. The van der Waals surface area contributed by atoms with Gasteiger partial charge < -0.3 is 25.4 Å². The van der Waals surface area contributed by atoms with E-state index in [1.165, 1.54) is 6.07 Å². The van der Waals surface area contributed by atoms with E-state index >= 15 is 0 Å². The molecule has 1 atom stereocenters. The van der Waals surface area contributed by atoms with Crippen LogP contribution in [0.15, 0.2) is 36.9 Å². The fourth-order valence-electron chi connectivity index (χ4n) is 4.35. The van der Waals surface area contributed by atoms with Crippen LogP contribution in [-0.4, -0.2) is 80.2 Å². The van der Waals surface area contributed by atoms with Gasteiger partial charge in [0.1, 0.15) is 5.75 Å². The number of hydrogen-bond donors (Lipinski definition) is 2. The number of carbonyl (C=O) groups excluding carboxylic acids is 2. The minimum atomic E-state index is -0.270. The van der Waals surface area contributed by atoms with Crippen molar-refractivity contribution in [1.82, 2.24) is 15.1 Å². The standard InChI is InChI=1S/C25H35ClN4O4/c1-3-5-6-24(31)30-9-7-18(8-10-30)16-29-11-12-34-19(17-29)15-28-25(32)20-13-21(26)22(27)14-23(20)33-4-2/h3,5-6,13-14,18-19H,1,4,7-12,15-17,27H2,2H3,(H,28,32)/b6-5+. The van der Waals surface area contributed by atoms with Gasteiger partial charge in [0, 0.05) is 51.4 Å². The van der Waals surface area contributed by atoms with Crippen LogP contribution in [0.25, 0.3) is 0 Å². The van der Waals surface area contributed by atoms with E-state index in [-0.39, 0.29) is 17.9 Å². The average Bonchev–Trinajstić information content (AvgIpc) is 2.84. The lowest BCUT2D eigenvalue weighted by atomic mass is 9.95. The molecule has 1 aromatic carbocycles. The number of likely N-dealkylation sites (tertiary alicyclic amines) is 1. The maximum absolute atomic E-state index is 12.8. The molecule has 0 bridgehead atoms. The first kappa shape index (κ1) is 26.1. The van der Waals surface area contributed by atoms with Crippen LogP contribution in [0.2, 0.25) is 5.02 Å². The fraction of sp³-hybridized carbons (Fsp3) is 0.520. The molecule has 1 aromatic rings. The molecule has 0 saturated carbocycles. The van der Waals surface area contributed by atoms with Crippen molar-refractivity contribution < 1.29 is 19.1 Å². The van der Waals surface area contributed by atoms with E-state index in [4.69, 9.17) is 26.8 Å². The second-order valence-corrected chi connectivity index (χ2v) is 9.04. The topological polar surface area (TPSA) is 97.1 Å². The number of nitrogens with two attached hydrogens (primary N) is 1. The summed E-state index contributed by atoms with van der Waals surface area (Å²) in [5, 5.41) is 3.26. The van der Waals surface area contributed by atoms with Gasteiger partial charge in [0.2, 0.25) is 5.91 Å². The van der Waals surface area contributed by atoms with Crippen LogP contribution < -0.4 is 15.8 Å². The summed E-state index contributed by atoms with van der Waals surface area (Å²) in [6, 6.07) is 3.11. The highest BCUT2D eigenvalue weighted by atomic mass is 35.5. The molecule has 2 fully saturated rings. The molecule has 1 unspecified atom stereocenters. The zero-order valence-electron chi connectivity index (χ0n) is 19.8. The molecule has 2 aliphatic rings. The van der Waals surface area contributed by atoms with E-state index < -0.39 is 0 Å². The lowest BCUT2D eigenvalue weighted by molar-refractivity contribution is -0.127. The highest BCUT2D eigenvalue weighted by Crippen LogP contribution is 2.29. The number of benzene rings is 1. The van der Waals surface area contributed by atoms with Crippen LogP contribution in [-0.2, 0) is 9.53 Å². The molecule has 3 rings (SSSR count). The van der Waals surface area contributed by atoms with Crippen LogP contribution in [0, 0.1) is 5.92 Å². The highest BCUT2D eigenvalue weighted by Gasteiger charge is 2.27. The van der Waals surface area contributed by atoms with Crippen molar-refractivity contribution in [1.29, 1.82) is 0 Å². The first-order chi connectivity index (χ1) is 16.4. The number of nitrogens with one attached hydrogen (secondary N) is 1. The number of rotatable bonds is 9. The van der Waals surface area contributed by atoms with E-state index in [2.05, 4.69) is 16.8 Å². The molecule has 0 spiro atoms. The molecule has 2 amide bonds. The lowest BCUT2D eigenvalue weighted by Crippen LogP contribution is -2.49. The van der Waals surface area contributed by atoms with E-state index in [1.54, 1.807) is 24.3 Å². The normalized spacial score (nSPS) is 19.8. The number of nitrogen functional groups attached to an aromatic ring is 1. The van der Waals surface area contributed by atoms with E-state index in [1.807, 2.05) is 11.8 Å². The van der Waals surface area contributed by atoms with Gasteiger partial charge in [0.05, 0.1) is 35.6 Å². The van der Waals surface area contributed by atoms with Gasteiger partial charge in [-0.05, 0) is 31.7 Å². The SMILES string of the molecule is C=C/C=C/C(=O)N1CCC(CN2CCOC(CNC(=O)c3cc(Cl)c(N)cc3OCC)C2)CC1. The third-order valence-corrected chi connectivity index (χ3v) is 6.50. The largest absolute Gasteiger partial charge is 0.493 e. The Morgan fingerprint density at radius 2 is 2.09 bits per heavy atom. The molecule has 2 aliphatic heterocycles. The van der Waals surface area contributed by atoms with Crippen LogP contribution in [0.4, 0.5) is 5.69 Å². The second kappa shape index (κ2) is 12.8. The Kier molecular flexibility index (Phi) is 9.80. The molecule has 2 saturated heterocycles. The van der Waals surface area contributed by atoms with E-state index in [9.17, 15) is 9.59 Å². The molecule has 0 aliphatic carbocycles. The molecule has 0 aromatic heterocycles. The summed E-state index contributed by atoms with van der Waals surface area (Å²) < 4.78 is 11.4. The van der Waals surface area contributed by atoms with Gasteiger partial charge in [0.25, 0.3) is 5.91 Å². The highest BCUT2D eigenvalue weighted by molar-refractivity contribution is 6.33. The number of amides is 2. The van der Waals surface area contributed by atoms with Crippen molar-refractivity contribution in [2.45, 2.75) is 25.9 Å². The number of halogens is 1. The summed E-state index contributed by atoms with van der Waals surface area (Å²) in [6.07, 6.45) is 6.76. The van der Waals surface area contributed by atoms with Crippen LogP contribution in [0.3, 0.4) is 0 Å². The van der Waals surface area contributed by atoms with Crippen molar-refractivity contribution in [3.8, 4) is 5.75 Å². The van der Waals surface area contributed by atoms with Gasteiger partial charge >= 0.3 is 0 Å². The molecule has 8 nitrogen and oxygen atoms in total. The minimum Gasteiger partial charge on any atom is -0.493 e. The summed E-state index contributed by atoms with van der Waals surface area (Å²) in [7, 11) is 0. The van der Waals surface area contributed by atoms with Crippen molar-refractivity contribution >= 4 is 29.1 Å². The summed E-state index contributed by atoms with van der Waals surface area (Å²) in [6.45, 7) is 11.0. The van der Waals surface area contributed by atoms with Gasteiger partial charge in [-0.15, -0.1) is 0 Å². The molecule has 9 heteroatoms. The first-order valence-corrected chi connectivity index (χ1v) is 12.2. The number of hydrogen-bond acceptors (Lipinski definition) is 6. The molecule has 34 heavy (non-hydrogen) atoms. The number of carbonyl (C=O) groups is 2. The van der Waals surface area contributed by atoms with Crippen LogP contribution >= 0.6 is 11.6 Å². The van der Waals surface area contributed by atoms with Gasteiger partial charge in [-0.25, -0.2) is 0 Å². The number of allylic oxidation sites excluding steroid dienone is 2. The average molecular weight is 491 g/mol. The first-order valence-electron chi connectivity index (χ1n) is 11.8. The Morgan fingerprint density at radius 3 is 2.79 bits per heavy atom. The van der Waals surface area contributed by atoms with Crippen molar-refractivity contribution in [3.05, 3.63) is 47.5 Å². The summed E-state index contributed by atoms with van der Waals surface area (Å²) in [5.74, 6) is 0.744. The number of piperidine rings is 1. The minimum absolute atomic E-state index is 0.0513. The monoisotopic (exact) mass is 490 g/mol. The Morgan fingerprint density at radius 1 is 1.32 bits per heavy atom. The Hall–Kier alpha value is -2.55. The quantitative estimate of drug-likeness (QED) is 0.314. The molecule has 0 radical (unpaired) electrons. The molecule has 3 N–H and O–H groups in total. The van der Waals surface area contributed by atoms with Gasteiger partial charge in [-0.3, -0.25) is 14.5 Å². The summed E-state index contributed by atoms with van der Waals surface area (Å²) in [5.41, 5.74) is 6.58. The van der Waals surface area contributed by atoms with E-state index in [0.29, 0.717) is 47.7 Å². The maximum Gasteiger partial charge on any atom is 0.255 e. The molecule has 186 valence electrons. The smallest absolute Gasteiger partial charge is 0.255 e. The predicted molar refractivity (Wildman–Crippen MR) is 134 cm³/mol. The number of ether oxygens (including phenoxy) is 2. The zero-order valence-corrected chi connectivity index (χ0v) is 20.6. The third-order valence-electron chi connectivity index (χ3n) is 6.17. The summed E-state index contributed by atoms with van der Waals surface area (Å²) in [4.78, 5) is 29.2. The van der Waals surface area contributed by atoms with Gasteiger partial charge in [0.15, 0.2) is 0 Å². The summed E-state index contributed by atoms with van der Waals surface area (Å²) >= 11 is 6.12. The molecular formula is C25H35ClN4O4. The predicted octanol–water partition coefficient (Wildman–Crippen LogP) is 2.73. The van der Waals surface area contributed by atoms with E-state index in [0.717, 1.165) is 45.6 Å². The second-order valence-electron chi connectivity index (χ2n) is 8.63. The van der Waals surface area contributed by atoms with Gasteiger partial charge in [-0.1, -0.05) is 30.3 Å². The zero-order chi connectivity index (χ0) is 24.5.